The molecular weight excluding hydrogens is 450 g/mol. The second-order valence-corrected chi connectivity index (χ2v) is 10.2. The van der Waals surface area contributed by atoms with E-state index in [0.717, 1.165) is 18.7 Å². The van der Waals surface area contributed by atoms with Gasteiger partial charge in [-0.05, 0) is 35.9 Å². The van der Waals surface area contributed by atoms with Crippen LogP contribution >= 0.6 is 0 Å². The molecule has 0 unspecified atom stereocenters. The molecule has 4 rings (SSSR count). The van der Waals surface area contributed by atoms with Crippen molar-refractivity contribution < 1.29 is 17.9 Å². The Morgan fingerprint density at radius 1 is 0.971 bits per heavy atom. The summed E-state index contributed by atoms with van der Waals surface area (Å²) in [6, 6.07) is 24.6. The van der Waals surface area contributed by atoms with Gasteiger partial charge in [0.15, 0.2) is 0 Å². The lowest BCUT2D eigenvalue weighted by molar-refractivity contribution is 0.0332. The average molecular weight is 480 g/mol. The van der Waals surface area contributed by atoms with Gasteiger partial charge in [0, 0.05) is 32.2 Å². The maximum atomic E-state index is 13.2. The predicted octanol–water partition coefficient (Wildman–Crippen LogP) is 3.32. The number of sulfonamides is 1. The van der Waals surface area contributed by atoms with E-state index in [1.54, 1.807) is 36.4 Å². The second-order valence-electron chi connectivity index (χ2n) is 8.19. The molecule has 0 spiro atoms. The molecule has 0 aliphatic carbocycles. The van der Waals surface area contributed by atoms with Crippen LogP contribution in [-0.4, -0.2) is 59.1 Å². The summed E-state index contributed by atoms with van der Waals surface area (Å²) in [4.78, 5) is 15.6. The highest BCUT2D eigenvalue weighted by atomic mass is 32.2. The molecule has 0 aromatic heterocycles. The number of hydrogen-bond acceptors (Lipinski definition) is 5. The van der Waals surface area contributed by atoms with Crippen molar-refractivity contribution in [1.29, 1.82) is 0 Å². The molecule has 0 bridgehead atoms. The lowest BCUT2D eigenvalue weighted by Gasteiger charge is -2.31. The van der Waals surface area contributed by atoms with Gasteiger partial charge in [-0.25, -0.2) is 8.42 Å². The maximum Gasteiger partial charge on any atom is 0.264 e. The molecule has 1 amide bonds. The van der Waals surface area contributed by atoms with E-state index in [-0.39, 0.29) is 16.8 Å². The first-order chi connectivity index (χ1) is 16.4. The smallest absolute Gasteiger partial charge is 0.264 e. The molecule has 1 N–H and O–H groups in total. The topological polar surface area (TPSA) is 79.0 Å². The highest BCUT2D eigenvalue weighted by molar-refractivity contribution is 7.92. The monoisotopic (exact) mass is 479 g/mol. The lowest BCUT2D eigenvalue weighted by Crippen LogP contribution is -2.43. The van der Waals surface area contributed by atoms with Crippen LogP contribution in [0.2, 0.25) is 0 Å². The minimum absolute atomic E-state index is 0.0657. The fourth-order valence-corrected chi connectivity index (χ4v) is 5.18. The number of morpholine rings is 1. The van der Waals surface area contributed by atoms with Crippen molar-refractivity contribution in [1.82, 2.24) is 10.2 Å². The molecule has 1 atom stereocenters. The molecule has 0 saturated carbocycles. The van der Waals surface area contributed by atoms with E-state index >= 15 is 0 Å². The Morgan fingerprint density at radius 3 is 2.29 bits per heavy atom. The van der Waals surface area contributed by atoms with E-state index in [4.69, 9.17) is 4.74 Å². The van der Waals surface area contributed by atoms with Gasteiger partial charge < -0.3 is 10.1 Å². The SMILES string of the molecule is CN(c1ccccc1)S(=O)(=O)c1cccc(C(=O)N[C@H](CN2CCOCC2)c2ccccc2)c1. The van der Waals surface area contributed by atoms with Gasteiger partial charge in [-0.2, -0.15) is 0 Å². The molecule has 7 nitrogen and oxygen atoms in total. The van der Waals surface area contributed by atoms with Crippen LogP contribution < -0.4 is 9.62 Å². The molecule has 8 heteroatoms. The van der Waals surface area contributed by atoms with Gasteiger partial charge in [0.2, 0.25) is 0 Å². The van der Waals surface area contributed by atoms with Crippen LogP contribution in [0, 0.1) is 0 Å². The van der Waals surface area contributed by atoms with Crippen molar-refractivity contribution in [3.05, 3.63) is 96.1 Å². The molecule has 1 aliphatic heterocycles. The Balaban J connectivity index is 1.55. The third-order valence-corrected chi connectivity index (χ3v) is 7.71. The molecule has 3 aromatic carbocycles. The van der Waals surface area contributed by atoms with Crippen LogP contribution in [0.15, 0.2) is 89.8 Å². The van der Waals surface area contributed by atoms with Crippen molar-refractivity contribution in [3.63, 3.8) is 0 Å². The fourth-order valence-electron chi connectivity index (χ4n) is 3.94. The number of anilines is 1. The minimum atomic E-state index is -3.82. The van der Waals surface area contributed by atoms with Crippen LogP contribution in [0.5, 0.6) is 0 Å². The van der Waals surface area contributed by atoms with Crippen molar-refractivity contribution in [2.24, 2.45) is 0 Å². The highest BCUT2D eigenvalue weighted by Gasteiger charge is 2.24. The third kappa shape index (κ3) is 5.64. The number of rotatable bonds is 8. The quantitative estimate of drug-likeness (QED) is 0.536. The summed E-state index contributed by atoms with van der Waals surface area (Å²) in [5, 5.41) is 3.11. The van der Waals surface area contributed by atoms with E-state index in [9.17, 15) is 13.2 Å². The number of ether oxygens (including phenoxy) is 1. The molecule has 3 aromatic rings. The van der Waals surface area contributed by atoms with Gasteiger partial charge in [-0.1, -0.05) is 54.6 Å². The predicted molar refractivity (Wildman–Crippen MR) is 132 cm³/mol. The standard InChI is InChI=1S/C26H29N3O4S/c1-28(23-12-6-3-7-13-23)34(31,32)24-14-8-11-22(19-24)26(30)27-25(21-9-4-2-5-10-21)20-29-15-17-33-18-16-29/h2-14,19,25H,15-18,20H2,1H3,(H,27,30)/t25-/m1/s1. The number of nitrogens with one attached hydrogen (secondary N) is 1. The van der Waals surface area contributed by atoms with Crippen molar-refractivity contribution in [2.75, 3.05) is 44.2 Å². The molecule has 178 valence electrons. The first-order valence-corrected chi connectivity index (χ1v) is 12.7. The molecule has 1 fully saturated rings. The summed E-state index contributed by atoms with van der Waals surface area (Å²) in [5.74, 6) is -0.318. The summed E-state index contributed by atoms with van der Waals surface area (Å²) in [7, 11) is -2.32. The summed E-state index contributed by atoms with van der Waals surface area (Å²) in [5.41, 5.74) is 1.84. The Morgan fingerprint density at radius 2 is 1.62 bits per heavy atom. The normalized spacial score (nSPS) is 15.4. The number of hydrogen-bond donors (Lipinski definition) is 1. The largest absolute Gasteiger partial charge is 0.379 e. The zero-order chi connectivity index (χ0) is 24.0. The third-order valence-electron chi connectivity index (χ3n) is 5.93. The molecule has 34 heavy (non-hydrogen) atoms. The molecule has 0 radical (unpaired) electrons. The van der Waals surface area contributed by atoms with Crippen LogP contribution in [0.25, 0.3) is 0 Å². The van der Waals surface area contributed by atoms with Crippen LogP contribution in [0.3, 0.4) is 0 Å². The van der Waals surface area contributed by atoms with Gasteiger partial charge in [-0.15, -0.1) is 0 Å². The summed E-state index contributed by atoms with van der Waals surface area (Å²) < 4.78 is 33.0. The zero-order valence-electron chi connectivity index (χ0n) is 19.1. The molecule has 1 heterocycles. The van der Waals surface area contributed by atoms with Gasteiger partial charge in [-0.3, -0.25) is 14.0 Å². The van der Waals surface area contributed by atoms with Crippen LogP contribution in [0.1, 0.15) is 22.0 Å². The number of amides is 1. The summed E-state index contributed by atoms with van der Waals surface area (Å²) in [6.45, 7) is 3.60. The van der Waals surface area contributed by atoms with Gasteiger partial charge in [0.1, 0.15) is 0 Å². The average Bonchev–Trinajstić information content (AvgIpc) is 2.89. The Kier molecular flexibility index (Phi) is 7.62. The Labute approximate surface area is 201 Å². The fraction of sp³-hybridized carbons (Fsp3) is 0.269. The zero-order valence-corrected chi connectivity index (χ0v) is 19.9. The summed E-state index contributed by atoms with van der Waals surface area (Å²) in [6.07, 6.45) is 0. The van der Waals surface area contributed by atoms with E-state index in [1.807, 2.05) is 36.4 Å². The van der Waals surface area contributed by atoms with Crippen molar-refractivity contribution in [3.8, 4) is 0 Å². The molecular formula is C26H29N3O4S. The van der Waals surface area contributed by atoms with Gasteiger partial charge in [0.05, 0.1) is 29.8 Å². The number of para-hydroxylation sites is 1. The Hall–Kier alpha value is -3.20. The highest BCUT2D eigenvalue weighted by Crippen LogP contribution is 2.23. The lowest BCUT2D eigenvalue weighted by atomic mass is 10.1. The second kappa shape index (κ2) is 10.8. The van der Waals surface area contributed by atoms with Gasteiger partial charge >= 0.3 is 0 Å². The van der Waals surface area contributed by atoms with E-state index in [0.29, 0.717) is 31.0 Å². The van der Waals surface area contributed by atoms with Gasteiger partial charge in [0.25, 0.3) is 15.9 Å². The first kappa shape index (κ1) is 23.9. The summed E-state index contributed by atoms with van der Waals surface area (Å²) >= 11 is 0. The van der Waals surface area contributed by atoms with Crippen molar-refractivity contribution >= 4 is 21.6 Å². The first-order valence-electron chi connectivity index (χ1n) is 11.2. The Bertz CT molecular complexity index is 1200. The van der Waals surface area contributed by atoms with E-state index in [2.05, 4.69) is 10.2 Å². The van der Waals surface area contributed by atoms with Crippen LogP contribution in [0.4, 0.5) is 5.69 Å². The number of carbonyl (C=O) groups is 1. The minimum Gasteiger partial charge on any atom is -0.379 e. The number of benzene rings is 3. The molecule has 1 saturated heterocycles. The van der Waals surface area contributed by atoms with Crippen molar-refractivity contribution in [2.45, 2.75) is 10.9 Å². The van der Waals surface area contributed by atoms with Crippen LogP contribution in [-0.2, 0) is 14.8 Å². The van der Waals surface area contributed by atoms with E-state index in [1.165, 1.54) is 23.5 Å². The maximum absolute atomic E-state index is 13.2. The number of nitrogens with zero attached hydrogens (tertiary/aromatic N) is 2. The van der Waals surface area contributed by atoms with E-state index < -0.39 is 10.0 Å². The molecule has 1 aliphatic rings. The number of carbonyl (C=O) groups excluding carboxylic acids is 1.